The van der Waals surface area contributed by atoms with Crippen molar-refractivity contribution in [2.45, 2.75) is 70.0 Å². The highest BCUT2D eigenvalue weighted by atomic mass is 19.3. The average molecular weight is 418 g/mol. The van der Waals surface area contributed by atoms with Gasteiger partial charge >= 0.3 is 0 Å². The molecule has 4 heterocycles. The Morgan fingerprint density at radius 1 is 1.03 bits per heavy atom. The minimum Gasteiger partial charge on any atom is -0.351 e. The second-order valence-corrected chi connectivity index (χ2v) is 9.16. The van der Waals surface area contributed by atoms with Crippen LogP contribution in [0.4, 0.5) is 20.5 Å². The normalized spacial score (nSPS) is 26.5. The van der Waals surface area contributed by atoms with Crippen LogP contribution in [0.5, 0.6) is 0 Å². The fourth-order valence-electron chi connectivity index (χ4n) is 5.12. The number of halogens is 2. The van der Waals surface area contributed by atoms with Crippen LogP contribution in [-0.4, -0.2) is 68.8 Å². The summed E-state index contributed by atoms with van der Waals surface area (Å²) in [5.74, 6) is -0.445. The molecule has 3 aliphatic rings. The van der Waals surface area contributed by atoms with Crippen molar-refractivity contribution in [3.05, 3.63) is 23.5 Å². The summed E-state index contributed by atoms with van der Waals surface area (Å²) in [6, 6.07) is 4.99. The highest BCUT2D eigenvalue weighted by molar-refractivity contribution is 5.52. The van der Waals surface area contributed by atoms with Gasteiger partial charge in [-0.05, 0) is 46.2 Å². The van der Waals surface area contributed by atoms with Gasteiger partial charge in [0, 0.05) is 55.8 Å². The molecule has 2 atom stereocenters. The first-order valence-corrected chi connectivity index (χ1v) is 10.8. The van der Waals surface area contributed by atoms with Crippen LogP contribution in [0.1, 0.15) is 43.5 Å². The predicted molar refractivity (Wildman–Crippen MR) is 112 cm³/mol. The predicted octanol–water partition coefficient (Wildman–Crippen LogP) is 3.16. The van der Waals surface area contributed by atoms with Gasteiger partial charge in [0.2, 0.25) is 11.9 Å². The standard InChI is InChI=1S/C21H29F2N7/c1-13-8-14(2)30(27-13)19-10-18(29-12-16-9-17(29)11-28(16)3)25-20(26-19)24-15-4-6-21(22,23)7-5-15/h8,10,15-17H,4-7,9,11-12H2,1-3H3,(H,24,25,26)/t16-,17-/m1/s1. The lowest BCUT2D eigenvalue weighted by Gasteiger charge is -2.33. The number of nitrogens with one attached hydrogen (secondary N) is 1. The van der Waals surface area contributed by atoms with Gasteiger partial charge in [0.15, 0.2) is 5.82 Å². The van der Waals surface area contributed by atoms with E-state index in [0.717, 1.165) is 36.7 Å². The minimum atomic E-state index is -2.55. The van der Waals surface area contributed by atoms with Crippen molar-refractivity contribution >= 4 is 11.8 Å². The summed E-state index contributed by atoms with van der Waals surface area (Å²) < 4.78 is 28.9. The maximum absolute atomic E-state index is 13.6. The Hall–Kier alpha value is -2.29. The third-order valence-electron chi connectivity index (χ3n) is 6.78. The van der Waals surface area contributed by atoms with Crippen LogP contribution in [0.25, 0.3) is 5.82 Å². The van der Waals surface area contributed by atoms with E-state index in [1.54, 1.807) is 0 Å². The number of rotatable bonds is 4. The summed E-state index contributed by atoms with van der Waals surface area (Å²) in [5, 5.41) is 7.93. The highest BCUT2D eigenvalue weighted by Gasteiger charge is 2.42. The van der Waals surface area contributed by atoms with E-state index in [0.29, 0.717) is 36.7 Å². The SMILES string of the molecule is Cc1cc(C)n(-c2cc(N3C[C@H]4C[C@@H]3CN4C)nc(NC3CCC(F)(F)CC3)n2)n1. The lowest BCUT2D eigenvalue weighted by atomic mass is 9.92. The highest BCUT2D eigenvalue weighted by Crippen LogP contribution is 2.36. The van der Waals surface area contributed by atoms with Gasteiger partial charge in [-0.25, -0.2) is 13.5 Å². The van der Waals surface area contributed by atoms with Crippen LogP contribution in [0, 0.1) is 13.8 Å². The number of likely N-dealkylation sites (tertiary alicyclic amines) is 1. The first-order valence-electron chi connectivity index (χ1n) is 10.8. The van der Waals surface area contributed by atoms with E-state index >= 15 is 0 Å². The fraction of sp³-hybridized carbons (Fsp3) is 0.667. The lowest BCUT2D eigenvalue weighted by Crippen LogP contribution is -2.45. The van der Waals surface area contributed by atoms with E-state index in [2.05, 4.69) is 27.3 Å². The Morgan fingerprint density at radius 2 is 1.77 bits per heavy atom. The molecule has 9 heteroatoms. The van der Waals surface area contributed by atoms with E-state index in [1.807, 2.05) is 30.7 Å². The Kier molecular flexibility index (Phi) is 4.68. The number of nitrogens with zero attached hydrogens (tertiary/aromatic N) is 6. The monoisotopic (exact) mass is 417 g/mol. The smallest absolute Gasteiger partial charge is 0.248 e. The zero-order valence-electron chi connectivity index (χ0n) is 17.8. The summed E-state index contributed by atoms with van der Waals surface area (Å²) in [4.78, 5) is 14.3. The van der Waals surface area contributed by atoms with Gasteiger partial charge in [0.05, 0.1) is 5.69 Å². The molecule has 2 aromatic rings. The third-order valence-corrected chi connectivity index (χ3v) is 6.78. The molecule has 1 N–H and O–H groups in total. The second kappa shape index (κ2) is 7.14. The largest absolute Gasteiger partial charge is 0.351 e. The van der Waals surface area contributed by atoms with Gasteiger partial charge in [-0.1, -0.05) is 0 Å². The van der Waals surface area contributed by atoms with E-state index in [4.69, 9.17) is 9.97 Å². The first kappa shape index (κ1) is 19.7. The van der Waals surface area contributed by atoms with Crippen LogP contribution in [0.3, 0.4) is 0 Å². The number of fused-ring (bicyclic) bond motifs is 2. The summed E-state index contributed by atoms with van der Waals surface area (Å²) >= 11 is 0. The van der Waals surface area contributed by atoms with Crippen molar-refractivity contribution in [2.24, 2.45) is 0 Å². The first-order chi connectivity index (χ1) is 14.3. The Labute approximate surface area is 175 Å². The molecular formula is C21H29F2N7. The number of hydrogen-bond donors (Lipinski definition) is 1. The summed E-state index contributed by atoms with van der Waals surface area (Å²) in [7, 11) is 2.18. The Balaban J connectivity index is 1.46. The maximum atomic E-state index is 13.6. The van der Waals surface area contributed by atoms with Crippen LogP contribution in [0.15, 0.2) is 12.1 Å². The maximum Gasteiger partial charge on any atom is 0.248 e. The van der Waals surface area contributed by atoms with Crippen LogP contribution < -0.4 is 10.2 Å². The molecular weight excluding hydrogens is 388 g/mol. The molecule has 2 saturated heterocycles. The molecule has 7 nitrogen and oxygen atoms in total. The molecule has 0 spiro atoms. The molecule has 0 aromatic carbocycles. The van der Waals surface area contributed by atoms with E-state index < -0.39 is 5.92 Å². The average Bonchev–Trinajstić information content (AvgIpc) is 3.36. The lowest BCUT2D eigenvalue weighted by molar-refractivity contribution is -0.0361. The van der Waals surface area contributed by atoms with Crippen LogP contribution in [0.2, 0.25) is 0 Å². The summed E-state index contributed by atoms with van der Waals surface area (Å²) in [6.07, 6.45) is 1.83. The number of anilines is 2. The number of piperazine rings is 1. The van der Waals surface area contributed by atoms with Crippen molar-refractivity contribution in [3.8, 4) is 5.82 Å². The summed E-state index contributed by atoms with van der Waals surface area (Å²) in [5.41, 5.74) is 1.93. The van der Waals surface area contributed by atoms with Gasteiger partial charge in [0.1, 0.15) is 5.82 Å². The van der Waals surface area contributed by atoms with Gasteiger partial charge in [0.25, 0.3) is 0 Å². The Morgan fingerprint density at radius 3 is 2.37 bits per heavy atom. The molecule has 162 valence electrons. The van der Waals surface area contributed by atoms with E-state index in [-0.39, 0.29) is 18.9 Å². The zero-order valence-corrected chi connectivity index (χ0v) is 17.8. The summed E-state index contributed by atoms with van der Waals surface area (Å²) in [6.45, 7) is 5.95. The number of likely N-dealkylation sites (N-methyl/N-ethyl adjacent to an activating group) is 1. The van der Waals surface area contributed by atoms with Gasteiger partial charge in [-0.15, -0.1) is 0 Å². The molecule has 0 amide bonds. The molecule has 2 aromatic heterocycles. The van der Waals surface area contributed by atoms with Crippen LogP contribution >= 0.6 is 0 Å². The molecule has 0 radical (unpaired) electrons. The van der Waals surface area contributed by atoms with Crippen LogP contribution in [-0.2, 0) is 0 Å². The molecule has 0 unspecified atom stereocenters. The second-order valence-electron chi connectivity index (χ2n) is 9.16. The van der Waals surface area contributed by atoms with Crippen molar-refractivity contribution in [3.63, 3.8) is 0 Å². The Bertz CT molecular complexity index is 931. The van der Waals surface area contributed by atoms with Crippen molar-refractivity contribution in [1.29, 1.82) is 0 Å². The third kappa shape index (κ3) is 3.64. The quantitative estimate of drug-likeness (QED) is 0.825. The molecule has 5 rings (SSSR count). The van der Waals surface area contributed by atoms with Crippen molar-refractivity contribution in [2.75, 3.05) is 30.4 Å². The van der Waals surface area contributed by atoms with Crippen molar-refractivity contribution < 1.29 is 8.78 Å². The number of aryl methyl sites for hydroxylation is 2. The number of alkyl halides is 2. The molecule has 30 heavy (non-hydrogen) atoms. The van der Waals surface area contributed by atoms with Gasteiger partial charge in [-0.3, -0.25) is 4.90 Å². The fourth-order valence-corrected chi connectivity index (χ4v) is 5.12. The molecule has 2 bridgehead atoms. The molecule has 1 saturated carbocycles. The van der Waals surface area contributed by atoms with Gasteiger partial charge < -0.3 is 10.2 Å². The number of hydrogen-bond acceptors (Lipinski definition) is 6. The zero-order chi connectivity index (χ0) is 21.0. The molecule has 2 aliphatic heterocycles. The molecule has 1 aliphatic carbocycles. The van der Waals surface area contributed by atoms with E-state index in [1.165, 1.54) is 0 Å². The minimum absolute atomic E-state index is 0.0330. The van der Waals surface area contributed by atoms with E-state index in [9.17, 15) is 8.78 Å². The van der Waals surface area contributed by atoms with Crippen molar-refractivity contribution in [1.82, 2.24) is 24.6 Å². The van der Waals surface area contributed by atoms with Gasteiger partial charge in [-0.2, -0.15) is 15.1 Å². The topological polar surface area (TPSA) is 62.1 Å². The molecule has 3 fully saturated rings. The number of aromatic nitrogens is 4.